The van der Waals surface area contributed by atoms with E-state index in [0.717, 1.165) is 23.6 Å². The summed E-state index contributed by atoms with van der Waals surface area (Å²) in [6.45, 7) is 9.11. The van der Waals surface area contributed by atoms with Crippen LogP contribution in [0, 0.1) is 13.8 Å². The molecule has 2 rings (SSSR count). The Morgan fingerprint density at radius 2 is 2.20 bits per heavy atom. The zero-order valence-electron chi connectivity index (χ0n) is 12.4. The van der Waals surface area contributed by atoms with Crippen molar-refractivity contribution in [3.8, 4) is 0 Å². The molecule has 6 heteroatoms. The highest BCUT2D eigenvalue weighted by atomic mass is 16.2. The molecule has 0 aliphatic rings. The van der Waals surface area contributed by atoms with Crippen LogP contribution in [-0.2, 0) is 17.9 Å². The predicted molar refractivity (Wildman–Crippen MR) is 76.2 cm³/mol. The Kier molecular flexibility index (Phi) is 4.22. The van der Waals surface area contributed by atoms with E-state index in [-0.39, 0.29) is 11.9 Å². The lowest BCUT2D eigenvalue weighted by atomic mass is 10.3. The molecule has 1 amide bonds. The SMILES string of the molecule is CCn1cncc1CNC(=O)C(C)n1nc(C)cc1C. The van der Waals surface area contributed by atoms with Crippen molar-refractivity contribution >= 4 is 5.91 Å². The summed E-state index contributed by atoms with van der Waals surface area (Å²) in [6.07, 6.45) is 3.55. The number of aryl methyl sites for hydroxylation is 3. The number of aromatic nitrogens is 4. The van der Waals surface area contributed by atoms with Crippen LogP contribution in [0.2, 0.25) is 0 Å². The Balaban J connectivity index is 2.00. The average molecular weight is 275 g/mol. The minimum absolute atomic E-state index is 0.0416. The molecule has 0 aliphatic carbocycles. The quantitative estimate of drug-likeness (QED) is 0.901. The predicted octanol–water partition coefficient (Wildman–Crippen LogP) is 1.59. The summed E-state index contributed by atoms with van der Waals surface area (Å²) in [5, 5.41) is 7.28. The highest BCUT2D eigenvalue weighted by Crippen LogP contribution is 2.11. The molecule has 0 bridgehead atoms. The van der Waals surface area contributed by atoms with E-state index >= 15 is 0 Å². The molecule has 0 aromatic carbocycles. The first-order valence-electron chi connectivity index (χ1n) is 6.82. The van der Waals surface area contributed by atoms with E-state index in [4.69, 9.17) is 0 Å². The molecule has 2 aromatic rings. The van der Waals surface area contributed by atoms with Crippen molar-refractivity contribution in [3.63, 3.8) is 0 Å². The van der Waals surface area contributed by atoms with Crippen LogP contribution in [0.15, 0.2) is 18.6 Å². The molecule has 0 saturated carbocycles. The number of hydrogen-bond acceptors (Lipinski definition) is 3. The molecule has 2 heterocycles. The summed E-state index contributed by atoms with van der Waals surface area (Å²) in [5.41, 5.74) is 2.91. The maximum absolute atomic E-state index is 12.2. The van der Waals surface area contributed by atoms with Crippen LogP contribution in [0.25, 0.3) is 0 Å². The zero-order chi connectivity index (χ0) is 14.7. The minimum atomic E-state index is -0.318. The minimum Gasteiger partial charge on any atom is -0.349 e. The summed E-state index contributed by atoms with van der Waals surface area (Å²) in [5.74, 6) is -0.0416. The third-order valence-electron chi connectivity index (χ3n) is 3.37. The van der Waals surface area contributed by atoms with E-state index in [0.29, 0.717) is 6.54 Å². The molecule has 0 saturated heterocycles. The summed E-state index contributed by atoms with van der Waals surface area (Å²) >= 11 is 0. The molecule has 0 aliphatic heterocycles. The average Bonchev–Trinajstić information content (AvgIpc) is 3.00. The standard InChI is InChI=1S/C14H21N5O/c1-5-18-9-15-7-13(18)8-16-14(20)12(4)19-11(3)6-10(2)17-19/h6-7,9,12H,5,8H2,1-4H3,(H,16,20). The fraction of sp³-hybridized carbons (Fsp3) is 0.500. The van der Waals surface area contributed by atoms with Crippen LogP contribution < -0.4 is 5.32 Å². The number of nitrogens with one attached hydrogen (secondary N) is 1. The summed E-state index contributed by atoms with van der Waals surface area (Å²) in [7, 11) is 0. The fourth-order valence-corrected chi connectivity index (χ4v) is 2.25. The van der Waals surface area contributed by atoms with Gasteiger partial charge in [-0.3, -0.25) is 9.48 Å². The summed E-state index contributed by atoms with van der Waals surface area (Å²) < 4.78 is 3.76. The van der Waals surface area contributed by atoms with Crippen molar-refractivity contribution in [3.05, 3.63) is 35.7 Å². The van der Waals surface area contributed by atoms with E-state index in [9.17, 15) is 4.79 Å². The molecule has 0 fully saturated rings. The molecule has 20 heavy (non-hydrogen) atoms. The van der Waals surface area contributed by atoms with Gasteiger partial charge in [-0.2, -0.15) is 5.10 Å². The smallest absolute Gasteiger partial charge is 0.244 e. The fourth-order valence-electron chi connectivity index (χ4n) is 2.25. The first kappa shape index (κ1) is 14.3. The number of imidazole rings is 1. The number of hydrogen-bond donors (Lipinski definition) is 1. The largest absolute Gasteiger partial charge is 0.349 e. The highest BCUT2D eigenvalue weighted by molar-refractivity contribution is 5.79. The van der Waals surface area contributed by atoms with Gasteiger partial charge in [-0.1, -0.05) is 0 Å². The van der Waals surface area contributed by atoms with Crippen LogP contribution >= 0.6 is 0 Å². The Hall–Kier alpha value is -2.11. The Labute approximate surface area is 118 Å². The Morgan fingerprint density at radius 3 is 2.80 bits per heavy atom. The van der Waals surface area contributed by atoms with Gasteiger partial charge in [-0.15, -0.1) is 0 Å². The van der Waals surface area contributed by atoms with Crippen molar-refractivity contribution in [2.45, 2.75) is 46.8 Å². The van der Waals surface area contributed by atoms with Gasteiger partial charge in [-0.05, 0) is 33.8 Å². The van der Waals surface area contributed by atoms with E-state index in [2.05, 4.69) is 15.4 Å². The van der Waals surface area contributed by atoms with Crippen molar-refractivity contribution in [2.24, 2.45) is 0 Å². The van der Waals surface area contributed by atoms with Gasteiger partial charge in [0.15, 0.2) is 0 Å². The van der Waals surface area contributed by atoms with Gasteiger partial charge in [0.05, 0.1) is 24.3 Å². The highest BCUT2D eigenvalue weighted by Gasteiger charge is 2.17. The lowest BCUT2D eigenvalue weighted by Gasteiger charge is -2.14. The third kappa shape index (κ3) is 2.89. The van der Waals surface area contributed by atoms with E-state index in [1.807, 2.05) is 38.3 Å². The van der Waals surface area contributed by atoms with Gasteiger partial charge in [0.1, 0.15) is 6.04 Å². The summed E-state index contributed by atoms with van der Waals surface area (Å²) in [4.78, 5) is 16.3. The number of nitrogens with zero attached hydrogens (tertiary/aromatic N) is 4. The van der Waals surface area contributed by atoms with Crippen LogP contribution in [0.5, 0.6) is 0 Å². The third-order valence-corrected chi connectivity index (χ3v) is 3.37. The normalized spacial score (nSPS) is 12.4. The Bertz CT molecular complexity index is 598. The number of amides is 1. The first-order valence-corrected chi connectivity index (χ1v) is 6.82. The maximum Gasteiger partial charge on any atom is 0.244 e. The number of carbonyl (C=O) groups is 1. The van der Waals surface area contributed by atoms with Gasteiger partial charge in [0.25, 0.3) is 0 Å². The van der Waals surface area contributed by atoms with Gasteiger partial charge < -0.3 is 9.88 Å². The zero-order valence-corrected chi connectivity index (χ0v) is 12.4. The van der Waals surface area contributed by atoms with Crippen molar-refractivity contribution in [1.82, 2.24) is 24.6 Å². The maximum atomic E-state index is 12.2. The topological polar surface area (TPSA) is 64.7 Å². The molecule has 1 N–H and O–H groups in total. The summed E-state index contributed by atoms with van der Waals surface area (Å²) in [6, 6.07) is 1.65. The first-order chi connectivity index (χ1) is 9.52. The van der Waals surface area contributed by atoms with Crippen LogP contribution in [0.1, 0.15) is 37.0 Å². The molecule has 2 aromatic heterocycles. The second-order valence-corrected chi connectivity index (χ2v) is 4.94. The van der Waals surface area contributed by atoms with Gasteiger partial charge >= 0.3 is 0 Å². The Morgan fingerprint density at radius 1 is 1.45 bits per heavy atom. The second-order valence-electron chi connectivity index (χ2n) is 4.94. The van der Waals surface area contributed by atoms with Crippen molar-refractivity contribution in [1.29, 1.82) is 0 Å². The van der Waals surface area contributed by atoms with E-state index in [1.54, 1.807) is 17.2 Å². The molecule has 0 spiro atoms. The molecule has 1 atom stereocenters. The van der Waals surface area contributed by atoms with E-state index in [1.165, 1.54) is 0 Å². The van der Waals surface area contributed by atoms with Crippen LogP contribution in [-0.4, -0.2) is 25.2 Å². The second kappa shape index (κ2) is 5.90. The van der Waals surface area contributed by atoms with Gasteiger partial charge in [0.2, 0.25) is 5.91 Å². The van der Waals surface area contributed by atoms with Crippen molar-refractivity contribution < 1.29 is 4.79 Å². The van der Waals surface area contributed by atoms with Gasteiger partial charge in [-0.25, -0.2) is 4.98 Å². The molecule has 0 radical (unpaired) electrons. The molecule has 6 nitrogen and oxygen atoms in total. The lowest BCUT2D eigenvalue weighted by Crippen LogP contribution is -2.32. The molecule has 108 valence electrons. The molecule has 1 unspecified atom stereocenters. The van der Waals surface area contributed by atoms with Crippen molar-refractivity contribution in [2.75, 3.05) is 0 Å². The lowest BCUT2D eigenvalue weighted by molar-refractivity contribution is -0.124. The number of carbonyl (C=O) groups excluding carboxylic acids is 1. The van der Waals surface area contributed by atoms with Gasteiger partial charge in [0, 0.05) is 18.4 Å². The monoisotopic (exact) mass is 275 g/mol. The van der Waals surface area contributed by atoms with Crippen LogP contribution in [0.3, 0.4) is 0 Å². The number of rotatable bonds is 5. The molecular formula is C14H21N5O. The molecular weight excluding hydrogens is 254 g/mol. The van der Waals surface area contributed by atoms with E-state index < -0.39 is 0 Å². The van der Waals surface area contributed by atoms with Crippen LogP contribution in [0.4, 0.5) is 0 Å².